The number of nitrogens with one attached hydrogen (secondary N) is 2. The van der Waals surface area contributed by atoms with Gasteiger partial charge in [-0.05, 0) is 53.4 Å². The van der Waals surface area contributed by atoms with Crippen LogP contribution in [0.5, 0.6) is 5.75 Å². The second kappa shape index (κ2) is 8.91. The van der Waals surface area contributed by atoms with E-state index in [2.05, 4.69) is 31.7 Å². The van der Waals surface area contributed by atoms with Gasteiger partial charge in [-0.15, -0.1) is 11.8 Å². The smallest absolute Gasteiger partial charge is 0.275 e. The molecule has 6 nitrogen and oxygen atoms in total. The lowest BCUT2D eigenvalue weighted by atomic mass is 10.2. The Morgan fingerprint density at radius 3 is 2.92 bits per heavy atom. The van der Waals surface area contributed by atoms with Gasteiger partial charge in [0.1, 0.15) is 5.75 Å². The molecule has 0 spiro atoms. The van der Waals surface area contributed by atoms with E-state index in [1.165, 1.54) is 18.9 Å². The molecule has 1 heterocycles. The summed E-state index contributed by atoms with van der Waals surface area (Å²) in [4.78, 5) is 21.3. The standard InChI is InChI=1S/C16H18BrN3O3S/c1-10(8-19-22-2)20-15(21)16(24-3)23-13-4-5-14-11(7-13)6-12(17)9-18-14/h4-9,16,19H,1-3H3,(H,20,21). The van der Waals surface area contributed by atoms with E-state index in [1.54, 1.807) is 25.4 Å². The highest BCUT2D eigenvalue weighted by atomic mass is 79.9. The molecule has 1 aromatic carbocycles. The Labute approximate surface area is 153 Å². The molecular formula is C16H18BrN3O3S. The molecule has 0 fully saturated rings. The average molecular weight is 412 g/mol. The third-order valence-corrected chi connectivity index (χ3v) is 4.18. The fourth-order valence-corrected chi connectivity index (χ4v) is 2.75. The van der Waals surface area contributed by atoms with Crippen molar-refractivity contribution in [1.29, 1.82) is 0 Å². The number of fused-ring (bicyclic) bond motifs is 1. The lowest BCUT2D eigenvalue weighted by Gasteiger charge is -2.17. The first kappa shape index (κ1) is 18.6. The molecule has 2 aromatic rings. The molecule has 0 bridgehead atoms. The Morgan fingerprint density at radius 2 is 2.21 bits per heavy atom. The molecule has 1 atom stereocenters. The molecule has 0 saturated heterocycles. The number of hydroxylamine groups is 1. The summed E-state index contributed by atoms with van der Waals surface area (Å²) in [7, 11) is 1.49. The van der Waals surface area contributed by atoms with Crippen molar-refractivity contribution in [2.24, 2.45) is 0 Å². The zero-order chi connectivity index (χ0) is 17.5. The summed E-state index contributed by atoms with van der Waals surface area (Å²) < 4.78 is 6.69. The van der Waals surface area contributed by atoms with E-state index >= 15 is 0 Å². The zero-order valence-corrected chi connectivity index (χ0v) is 15.9. The molecule has 1 aromatic heterocycles. The first-order chi connectivity index (χ1) is 11.5. The Bertz CT molecular complexity index is 754. The van der Waals surface area contributed by atoms with Gasteiger partial charge in [0, 0.05) is 28.0 Å². The number of nitrogens with zero attached hydrogens (tertiary/aromatic N) is 1. The number of allylic oxidation sites excluding steroid dienone is 1. The minimum atomic E-state index is -0.673. The molecule has 0 radical (unpaired) electrons. The van der Waals surface area contributed by atoms with Crippen molar-refractivity contribution < 1.29 is 14.4 Å². The van der Waals surface area contributed by atoms with Gasteiger partial charge in [-0.3, -0.25) is 20.1 Å². The molecule has 0 aliphatic rings. The van der Waals surface area contributed by atoms with Crippen molar-refractivity contribution in [2.45, 2.75) is 12.4 Å². The molecule has 1 amide bonds. The molecule has 24 heavy (non-hydrogen) atoms. The highest BCUT2D eigenvalue weighted by Gasteiger charge is 2.19. The van der Waals surface area contributed by atoms with Crippen LogP contribution in [0.4, 0.5) is 0 Å². The molecule has 0 aliphatic heterocycles. The lowest BCUT2D eigenvalue weighted by Crippen LogP contribution is -2.35. The summed E-state index contributed by atoms with van der Waals surface area (Å²) in [5.74, 6) is 0.357. The van der Waals surface area contributed by atoms with Crippen LogP contribution in [0.3, 0.4) is 0 Å². The molecule has 1 unspecified atom stereocenters. The van der Waals surface area contributed by atoms with Crippen molar-refractivity contribution in [2.75, 3.05) is 13.4 Å². The number of amides is 1. The maximum Gasteiger partial charge on any atom is 0.275 e. The van der Waals surface area contributed by atoms with E-state index in [1.807, 2.05) is 24.5 Å². The number of benzene rings is 1. The van der Waals surface area contributed by atoms with Crippen LogP contribution in [0.25, 0.3) is 10.9 Å². The number of hydrogen-bond donors (Lipinski definition) is 2. The molecule has 0 saturated carbocycles. The van der Waals surface area contributed by atoms with E-state index < -0.39 is 5.44 Å². The van der Waals surface area contributed by atoms with Crippen LogP contribution in [-0.4, -0.2) is 29.7 Å². The van der Waals surface area contributed by atoms with Crippen LogP contribution in [0.15, 0.2) is 46.8 Å². The minimum Gasteiger partial charge on any atom is -0.470 e. The Balaban J connectivity index is 2.10. The molecule has 2 rings (SSSR count). The summed E-state index contributed by atoms with van der Waals surface area (Å²) in [6, 6.07) is 7.47. The van der Waals surface area contributed by atoms with Gasteiger partial charge in [0.15, 0.2) is 0 Å². The Hall–Kier alpha value is -1.77. The van der Waals surface area contributed by atoms with Crippen molar-refractivity contribution >= 4 is 44.5 Å². The van der Waals surface area contributed by atoms with Gasteiger partial charge in [-0.25, -0.2) is 0 Å². The number of carbonyl (C=O) groups excluding carboxylic acids is 1. The van der Waals surface area contributed by atoms with Gasteiger partial charge in [0.05, 0.1) is 12.6 Å². The molecule has 2 N–H and O–H groups in total. The van der Waals surface area contributed by atoms with Crippen LogP contribution in [0.1, 0.15) is 6.92 Å². The van der Waals surface area contributed by atoms with E-state index in [0.29, 0.717) is 11.4 Å². The van der Waals surface area contributed by atoms with E-state index in [0.717, 1.165) is 15.4 Å². The molecule has 8 heteroatoms. The third-order valence-electron chi connectivity index (χ3n) is 3.00. The van der Waals surface area contributed by atoms with Gasteiger partial charge < -0.3 is 10.1 Å². The number of rotatable bonds is 7. The van der Waals surface area contributed by atoms with Crippen LogP contribution >= 0.6 is 27.7 Å². The quantitative estimate of drug-likeness (QED) is 0.538. The van der Waals surface area contributed by atoms with E-state index in [9.17, 15) is 4.79 Å². The van der Waals surface area contributed by atoms with Crippen molar-refractivity contribution in [1.82, 2.24) is 15.8 Å². The number of carbonyl (C=O) groups is 1. The highest BCUT2D eigenvalue weighted by Crippen LogP contribution is 2.24. The van der Waals surface area contributed by atoms with Gasteiger partial charge in [0.2, 0.25) is 5.44 Å². The van der Waals surface area contributed by atoms with Crippen LogP contribution in [-0.2, 0) is 9.63 Å². The lowest BCUT2D eigenvalue weighted by molar-refractivity contribution is -0.123. The number of aromatic nitrogens is 1. The number of halogens is 1. The minimum absolute atomic E-state index is 0.249. The monoisotopic (exact) mass is 411 g/mol. The van der Waals surface area contributed by atoms with Crippen LogP contribution < -0.4 is 15.5 Å². The predicted octanol–water partition coefficient (Wildman–Crippen LogP) is 3.19. The zero-order valence-electron chi connectivity index (χ0n) is 13.5. The summed E-state index contributed by atoms with van der Waals surface area (Å²) in [5.41, 5.74) is 3.36. The summed E-state index contributed by atoms with van der Waals surface area (Å²) in [5, 5.41) is 3.68. The van der Waals surface area contributed by atoms with E-state index in [4.69, 9.17) is 9.57 Å². The van der Waals surface area contributed by atoms with Crippen LogP contribution in [0, 0.1) is 0 Å². The van der Waals surface area contributed by atoms with Crippen molar-refractivity contribution in [3.63, 3.8) is 0 Å². The van der Waals surface area contributed by atoms with Gasteiger partial charge in [0.25, 0.3) is 5.91 Å². The summed E-state index contributed by atoms with van der Waals surface area (Å²) in [6.45, 7) is 1.75. The predicted molar refractivity (Wildman–Crippen MR) is 99.4 cm³/mol. The van der Waals surface area contributed by atoms with Crippen molar-refractivity contribution in [3.05, 3.63) is 46.8 Å². The second-order valence-corrected chi connectivity index (χ2v) is 6.65. The number of pyridine rings is 1. The topological polar surface area (TPSA) is 72.5 Å². The SMILES string of the molecule is CONC=C(C)NC(=O)C(Oc1ccc2ncc(Br)cc2c1)SC. The second-order valence-electron chi connectivity index (χ2n) is 4.83. The molecule has 128 valence electrons. The van der Waals surface area contributed by atoms with E-state index in [-0.39, 0.29) is 5.91 Å². The first-order valence-corrected chi connectivity index (χ1v) is 9.12. The summed E-state index contributed by atoms with van der Waals surface area (Å²) >= 11 is 4.71. The van der Waals surface area contributed by atoms with Gasteiger partial charge in [-0.1, -0.05) is 0 Å². The molecular weight excluding hydrogens is 394 g/mol. The normalized spacial score (nSPS) is 12.8. The third kappa shape index (κ3) is 5.12. The van der Waals surface area contributed by atoms with Gasteiger partial charge >= 0.3 is 0 Å². The van der Waals surface area contributed by atoms with Gasteiger partial charge in [-0.2, -0.15) is 0 Å². The Kier molecular flexibility index (Phi) is 6.89. The number of ether oxygens (including phenoxy) is 1. The maximum absolute atomic E-state index is 12.3. The first-order valence-electron chi connectivity index (χ1n) is 7.04. The Morgan fingerprint density at radius 1 is 1.42 bits per heavy atom. The maximum atomic E-state index is 12.3. The number of thioether (sulfide) groups is 1. The number of hydrogen-bond acceptors (Lipinski definition) is 6. The fourth-order valence-electron chi connectivity index (χ4n) is 1.93. The largest absolute Gasteiger partial charge is 0.470 e. The average Bonchev–Trinajstić information content (AvgIpc) is 2.57. The van der Waals surface area contributed by atoms with Crippen LogP contribution in [0.2, 0.25) is 0 Å². The highest BCUT2D eigenvalue weighted by molar-refractivity contribution is 9.10. The van der Waals surface area contributed by atoms with Crippen molar-refractivity contribution in [3.8, 4) is 5.75 Å². The fraction of sp³-hybridized carbons (Fsp3) is 0.250. The molecule has 0 aliphatic carbocycles. The summed E-state index contributed by atoms with van der Waals surface area (Å²) in [6.07, 6.45) is 5.11.